The zero-order valence-electron chi connectivity index (χ0n) is 13.7. The number of hydrogen-bond acceptors (Lipinski definition) is 3. The molecule has 1 unspecified atom stereocenters. The monoisotopic (exact) mass is 334 g/mol. The Hall–Kier alpha value is -3.15. The molecule has 3 aromatic rings. The third-order valence-electron chi connectivity index (χ3n) is 4.58. The van der Waals surface area contributed by atoms with E-state index >= 15 is 0 Å². The number of H-pyrrole nitrogens is 1. The summed E-state index contributed by atoms with van der Waals surface area (Å²) in [7, 11) is 0. The summed E-state index contributed by atoms with van der Waals surface area (Å²) in [6.45, 7) is 4.77. The Morgan fingerprint density at radius 1 is 1.28 bits per heavy atom. The number of benzene rings is 1. The number of rotatable bonds is 4. The number of amides is 1. The van der Waals surface area contributed by atoms with Crippen molar-refractivity contribution in [1.29, 1.82) is 0 Å². The third kappa shape index (κ3) is 2.65. The van der Waals surface area contributed by atoms with E-state index in [1.807, 2.05) is 30.3 Å². The molecule has 1 aliphatic heterocycles. The normalized spacial score (nSPS) is 17.4. The van der Waals surface area contributed by atoms with E-state index in [4.69, 9.17) is 4.98 Å². The molecule has 1 amide bonds. The Bertz CT molecular complexity index is 1000. The van der Waals surface area contributed by atoms with Gasteiger partial charge < -0.3 is 4.90 Å². The molecule has 0 radical (unpaired) electrons. The summed E-state index contributed by atoms with van der Waals surface area (Å²) in [5, 5.41) is 2.96. The van der Waals surface area contributed by atoms with Crippen molar-refractivity contribution in [3.8, 4) is 11.1 Å². The molecule has 1 fully saturated rings. The minimum atomic E-state index is -0.170. The lowest BCUT2D eigenvalue weighted by Crippen LogP contribution is -2.25. The van der Waals surface area contributed by atoms with Crippen LogP contribution in [0, 0.1) is 0 Å². The minimum Gasteiger partial charge on any atom is -0.338 e. The molecule has 1 aromatic carbocycles. The predicted octanol–water partition coefficient (Wildman–Crippen LogP) is 2.19. The molecule has 126 valence electrons. The van der Waals surface area contributed by atoms with E-state index in [1.54, 1.807) is 17.2 Å². The van der Waals surface area contributed by atoms with Gasteiger partial charge >= 0.3 is 0 Å². The maximum Gasteiger partial charge on any atom is 0.272 e. The average Bonchev–Trinajstić information content (AvgIpc) is 3.20. The summed E-state index contributed by atoms with van der Waals surface area (Å²) < 4.78 is 1.43. The second kappa shape index (κ2) is 6.05. The first-order chi connectivity index (χ1) is 12.2. The van der Waals surface area contributed by atoms with Gasteiger partial charge in [-0.05, 0) is 5.56 Å². The molecule has 0 saturated carbocycles. The summed E-state index contributed by atoms with van der Waals surface area (Å²) in [6.07, 6.45) is 3.87. The lowest BCUT2D eigenvalue weighted by molar-refractivity contribution is -0.127. The number of nitrogens with zero attached hydrogens (tertiary/aromatic N) is 3. The van der Waals surface area contributed by atoms with Gasteiger partial charge in [0.15, 0.2) is 5.65 Å². The molecule has 1 N–H and O–H groups in total. The van der Waals surface area contributed by atoms with Crippen LogP contribution in [0.3, 0.4) is 0 Å². The van der Waals surface area contributed by atoms with Crippen molar-refractivity contribution >= 4 is 11.6 Å². The third-order valence-corrected chi connectivity index (χ3v) is 4.58. The van der Waals surface area contributed by atoms with Crippen LogP contribution in [0.15, 0.2) is 60.0 Å². The highest BCUT2D eigenvalue weighted by molar-refractivity contribution is 5.80. The van der Waals surface area contributed by atoms with Crippen molar-refractivity contribution in [2.45, 2.75) is 12.3 Å². The fourth-order valence-corrected chi connectivity index (χ4v) is 3.34. The first-order valence-corrected chi connectivity index (χ1v) is 8.22. The summed E-state index contributed by atoms with van der Waals surface area (Å²) in [5.41, 5.74) is 2.94. The van der Waals surface area contributed by atoms with Gasteiger partial charge in [-0.1, -0.05) is 36.4 Å². The Kier molecular flexibility index (Phi) is 3.72. The van der Waals surface area contributed by atoms with Gasteiger partial charge in [0, 0.05) is 43.3 Å². The van der Waals surface area contributed by atoms with Crippen molar-refractivity contribution in [3.05, 3.63) is 71.3 Å². The molecule has 0 aliphatic carbocycles. The molecule has 1 saturated heterocycles. The molecular weight excluding hydrogens is 316 g/mol. The molecular formula is C19H18N4O2. The van der Waals surface area contributed by atoms with E-state index in [2.05, 4.69) is 11.7 Å². The van der Waals surface area contributed by atoms with Gasteiger partial charge in [0.1, 0.15) is 0 Å². The number of fused-ring (bicyclic) bond motifs is 1. The summed E-state index contributed by atoms with van der Waals surface area (Å²) in [5.74, 6) is 0.00734. The van der Waals surface area contributed by atoms with Gasteiger partial charge in [-0.25, -0.2) is 9.50 Å². The van der Waals surface area contributed by atoms with Crippen molar-refractivity contribution in [2.75, 3.05) is 13.1 Å². The van der Waals surface area contributed by atoms with Crippen molar-refractivity contribution in [3.63, 3.8) is 0 Å². The van der Waals surface area contributed by atoms with E-state index in [0.29, 0.717) is 30.9 Å². The maximum atomic E-state index is 12.5. The number of hydrogen-bond donors (Lipinski definition) is 1. The van der Waals surface area contributed by atoms with E-state index in [9.17, 15) is 9.59 Å². The fourth-order valence-electron chi connectivity index (χ4n) is 3.34. The second-order valence-corrected chi connectivity index (χ2v) is 6.22. The van der Waals surface area contributed by atoms with Gasteiger partial charge in [-0.3, -0.25) is 14.7 Å². The van der Waals surface area contributed by atoms with Crippen LogP contribution in [0.4, 0.5) is 0 Å². The molecule has 4 rings (SSSR count). The lowest BCUT2D eigenvalue weighted by Gasteiger charge is -2.13. The van der Waals surface area contributed by atoms with Gasteiger partial charge in [0.25, 0.3) is 5.56 Å². The van der Waals surface area contributed by atoms with Gasteiger partial charge in [-0.2, -0.15) is 0 Å². The topological polar surface area (TPSA) is 70.5 Å². The first kappa shape index (κ1) is 15.4. The second-order valence-electron chi connectivity index (χ2n) is 6.22. The smallest absolute Gasteiger partial charge is 0.272 e. The van der Waals surface area contributed by atoms with Crippen molar-refractivity contribution in [2.24, 2.45) is 0 Å². The van der Waals surface area contributed by atoms with E-state index in [0.717, 1.165) is 11.1 Å². The van der Waals surface area contributed by atoms with Crippen LogP contribution in [-0.2, 0) is 4.79 Å². The average molecular weight is 334 g/mol. The Balaban J connectivity index is 1.78. The van der Waals surface area contributed by atoms with Crippen LogP contribution in [0.25, 0.3) is 16.8 Å². The molecule has 6 nitrogen and oxygen atoms in total. The number of aromatic nitrogens is 3. The van der Waals surface area contributed by atoms with Gasteiger partial charge in [0.05, 0.1) is 5.69 Å². The molecule has 1 atom stereocenters. The summed E-state index contributed by atoms with van der Waals surface area (Å²) in [4.78, 5) is 31.0. The van der Waals surface area contributed by atoms with Crippen LogP contribution >= 0.6 is 0 Å². The SMILES string of the molecule is C=CCN1CC(c2cc(=O)n3[nH]cc(-c4ccccc4)c3n2)CC1=O. The number of carbonyl (C=O) groups is 1. The molecule has 1 aliphatic rings. The Morgan fingerprint density at radius 3 is 2.84 bits per heavy atom. The Labute approximate surface area is 144 Å². The first-order valence-electron chi connectivity index (χ1n) is 8.22. The zero-order chi connectivity index (χ0) is 17.4. The molecule has 2 aromatic heterocycles. The molecule has 0 spiro atoms. The fraction of sp³-hybridized carbons (Fsp3) is 0.211. The van der Waals surface area contributed by atoms with Crippen LogP contribution < -0.4 is 5.56 Å². The van der Waals surface area contributed by atoms with Crippen molar-refractivity contribution < 1.29 is 4.79 Å². The Morgan fingerprint density at radius 2 is 2.08 bits per heavy atom. The molecule has 25 heavy (non-hydrogen) atoms. The quantitative estimate of drug-likeness (QED) is 0.744. The summed E-state index contributed by atoms with van der Waals surface area (Å²) >= 11 is 0. The number of aromatic amines is 1. The maximum absolute atomic E-state index is 12.5. The van der Waals surface area contributed by atoms with E-state index in [1.165, 1.54) is 10.6 Å². The number of likely N-dealkylation sites (tertiary alicyclic amines) is 1. The van der Waals surface area contributed by atoms with E-state index < -0.39 is 0 Å². The molecule has 6 heteroatoms. The summed E-state index contributed by atoms with van der Waals surface area (Å²) in [6, 6.07) is 11.3. The molecule has 3 heterocycles. The van der Waals surface area contributed by atoms with Gasteiger partial charge in [0.2, 0.25) is 5.91 Å². The standard InChI is InChI=1S/C19H18N4O2/c1-2-8-22-12-14(9-17(22)24)16-10-18(25)23-19(21-16)15(11-20-23)13-6-4-3-5-7-13/h2-7,10-11,14,20H,1,8-9,12H2. The van der Waals surface area contributed by atoms with Crippen molar-refractivity contribution in [1.82, 2.24) is 19.5 Å². The number of carbonyl (C=O) groups excluding carboxylic acids is 1. The van der Waals surface area contributed by atoms with Crippen LogP contribution in [-0.4, -0.2) is 38.5 Å². The zero-order valence-corrected chi connectivity index (χ0v) is 13.7. The van der Waals surface area contributed by atoms with Gasteiger partial charge in [-0.15, -0.1) is 6.58 Å². The molecule has 0 bridgehead atoms. The highest BCUT2D eigenvalue weighted by atomic mass is 16.2. The number of nitrogens with one attached hydrogen (secondary N) is 1. The predicted molar refractivity (Wildman–Crippen MR) is 95.4 cm³/mol. The lowest BCUT2D eigenvalue weighted by atomic mass is 10.0. The highest BCUT2D eigenvalue weighted by Gasteiger charge is 2.31. The van der Waals surface area contributed by atoms with Crippen LogP contribution in [0.5, 0.6) is 0 Å². The largest absolute Gasteiger partial charge is 0.338 e. The minimum absolute atomic E-state index is 0.0660. The van der Waals surface area contributed by atoms with E-state index in [-0.39, 0.29) is 17.4 Å². The van der Waals surface area contributed by atoms with Crippen LogP contribution in [0.2, 0.25) is 0 Å². The van der Waals surface area contributed by atoms with Crippen LogP contribution in [0.1, 0.15) is 18.0 Å². The highest BCUT2D eigenvalue weighted by Crippen LogP contribution is 2.28.